The van der Waals surface area contributed by atoms with Gasteiger partial charge in [0.15, 0.2) is 0 Å². The first kappa shape index (κ1) is 32.2. The first-order valence-electron chi connectivity index (χ1n) is 13.5. The highest BCUT2D eigenvalue weighted by Crippen LogP contribution is 2.39. The molecule has 2 atom stereocenters. The number of rotatable bonds is 9. The van der Waals surface area contributed by atoms with E-state index >= 15 is 0 Å². The van der Waals surface area contributed by atoms with Crippen LogP contribution in [0.15, 0.2) is 71.4 Å². The molecule has 1 saturated heterocycles. The van der Waals surface area contributed by atoms with Gasteiger partial charge in [0.2, 0.25) is 15.9 Å². The number of anilines is 1. The monoisotopic (exact) mass is 630 g/mol. The minimum absolute atomic E-state index is 0.0674. The van der Waals surface area contributed by atoms with E-state index < -0.39 is 76.0 Å². The summed E-state index contributed by atoms with van der Waals surface area (Å²) in [4.78, 5) is 33.3. The van der Waals surface area contributed by atoms with Gasteiger partial charge >= 0.3 is 0 Å². The number of halogens is 3. The Morgan fingerprint density at radius 1 is 1.30 bits per heavy atom. The summed E-state index contributed by atoms with van der Waals surface area (Å²) in [5.74, 6) is -6.51. The molecule has 2 amide bonds. The van der Waals surface area contributed by atoms with E-state index in [1.54, 1.807) is 25.1 Å². The smallest absolute Gasteiger partial charge is 0.252 e. The maximum absolute atomic E-state index is 14.7. The number of amides is 2. The largest absolute Gasteiger partial charge is 0.411 e. The molecule has 44 heavy (non-hydrogen) atoms. The van der Waals surface area contributed by atoms with Gasteiger partial charge in [0, 0.05) is 25.1 Å². The fraction of sp³-hybridized carbons (Fsp3) is 0.345. The van der Waals surface area contributed by atoms with E-state index in [4.69, 9.17) is 0 Å². The van der Waals surface area contributed by atoms with Crippen molar-refractivity contribution in [1.82, 2.24) is 15.2 Å². The molecule has 1 aliphatic carbocycles. The van der Waals surface area contributed by atoms with E-state index in [1.165, 1.54) is 31.3 Å². The van der Waals surface area contributed by atoms with Crippen molar-refractivity contribution in [3.05, 3.63) is 83.0 Å². The third kappa shape index (κ3) is 6.75. The first-order chi connectivity index (χ1) is 20.8. The van der Waals surface area contributed by atoms with Crippen molar-refractivity contribution in [3.63, 3.8) is 0 Å². The van der Waals surface area contributed by atoms with Gasteiger partial charge in [-0.2, -0.15) is 5.26 Å². The van der Waals surface area contributed by atoms with Crippen molar-refractivity contribution >= 4 is 33.9 Å². The summed E-state index contributed by atoms with van der Waals surface area (Å²) in [7, 11) is -4.16. The zero-order valence-electron chi connectivity index (χ0n) is 23.7. The molecule has 1 unspecified atom stereocenters. The Morgan fingerprint density at radius 3 is 2.61 bits per heavy atom. The fourth-order valence-corrected chi connectivity index (χ4v) is 6.84. The molecule has 1 aromatic heterocycles. The topological polar surface area (TPSA) is 156 Å². The average Bonchev–Trinajstić information content (AvgIpc) is 3.29. The summed E-state index contributed by atoms with van der Waals surface area (Å²) in [5.41, 5.74) is 0.353. The normalized spacial score (nSPS) is 20.5. The molecule has 0 spiro atoms. The van der Waals surface area contributed by atoms with Crippen LogP contribution in [0.4, 0.5) is 19.0 Å². The molecule has 0 radical (unpaired) electrons. The number of aromatic nitrogens is 1. The average molecular weight is 631 g/mol. The van der Waals surface area contributed by atoms with Crippen molar-refractivity contribution in [3.8, 4) is 6.07 Å². The van der Waals surface area contributed by atoms with E-state index in [0.29, 0.717) is 11.8 Å². The van der Waals surface area contributed by atoms with Crippen LogP contribution in [0.25, 0.3) is 0 Å². The lowest BCUT2D eigenvalue weighted by Crippen LogP contribution is -2.55. The molecule has 232 valence electrons. The third-order valence-electron chi connectivity index (χ3n) is 7.31. The predicted octanol–water partition coefficient (Wildman–Crippen LogP) is 3.87. The summed E-state index contributed by atoms with van der Waals surface area (Å²) < 4.78 is 69.2. The number of hydrogen-bond donors (Lipinski definition) is 2. The van der Waals surface area contributed by atoms with E-state index in [-0.39, 0.29) is 23.4 Å². The zero-order valence-corrected chi connectivity index (χ0v) is 24.5. The Morgan fingerprint density at radius 2 is 2.00 bits per heavy atom. The number of oxime groups is 1. The number of aryl methyl sites for hydroxylation is 1. The molecule has 15 heteroatoms. The predicted molar refractivity (Wildman–Crippen MR) is 154 cm³/mol. The number of carbonyl (C=O) groups is 2. The number of benzene rings is 1. The highest BCUT2D eigenvalue weighted by atomic mass is 32.2. The number of hydrogen-bond acceptors (Lipinski definition) is 8. The molecule has 2 fully saturated rings. The van der Waals surface area contributed by atoms with Gasteiger partial charge in [-0.15, -0.1) is 0 Å². The van der Waals surface area contributed by atoms with Crippen molar-refractivity contribution in [2.45, 2.75) is 57.2 Å². The van der Waals surface area contributed by atoms with Gasteiger partial charge in [-0.1, -0.05) is 35.5 Å². The summed E-state index contributed by atoms with van der Waals surface area (Å²) in [6, 6.07) is 6.69. The molecule has 4 rings (SSSR count). The second-order valence-electron chi connectivity index (χ2n) is 10.4. The number of allylic oxidation sites excluding steroid dienone is 4. The van der Waals surface area contributed by atoms with E-state index in [2.05, 4.69) is 15.5 Å². The Bertz CT molecular complexity index is 1680. The van der Waals surface area contributed by atoms with Gasteiger partial charge < -0.3 is 10.5 Å². The highest BCUT2D eigenvalue weighted by molar-refractivity contribution is 7.93. The Balaban J connectivity index is 1.91. The number of nitrogens with one attached hydrogen (secondary N) is 1. The standard InChI is InChI=1S/C29H29F3N6O5S/c1-3-20(30)13-22(17-35-41)37(26(23-7-5-4-6-18(23)2)27(39)36-21-14-29(31,32)15-21)28(40)24-9-11-44(42,43)38(24)25-12-19(16-33)8-10-34-25/h3-8,10,12-13,17,21,24,26,41H,9,11,14-15H2,1-2H3,(H,36,39)/b20-3+,22-13+,35-17+/t24-,26?/m0/s1. The molecule has 11 nitrogen and oxygen atoms in total. The maximum Gasteiger partial charge on any atom is 0.252 e. The van der Waals surface area contributed by atoms with Crippen LogP contribution in [0.1, 0.15) is 48.9 Å². The van der Waals surface area contributed by atoms with Gasteiger partial charge in [-0.05, 0) is 49.6 Å². The minimum atomic E-state index is -4.16. The summed E-state index contributed by atoms with van der Waals surface area (Å²) >= 11 is 0. The Hall–Kier alpha value is -4.71. The van der Waals surface area contributed by atoms with Gasteiger partial charge in [-0.25, -0.2) is 30.9 Å². The number of nitriles is 1. The summed E-state index contributed by atoms with van der Waals surface area (Å²) in [6.45, 7) is 2.99. The van der Waals surface area contributed by atoms with Crippen LogP contribution in [-0.4, -0.2) is 65.3 Å². The summed E-state index contributed by atoms with van der Waals surface area (Å²) in [6.07, 6.45) is 2.23. The zero-order chi connectivity index (χ0) is 32.2. The van der Waals surface area contributed by atoms with Crippen molar-refractivity contribution in [2.75, 3.05) is 10.1 Å². The molecule has 1 saturated carbocycles. The molecule has 2 aromatic rings. The Kier molecular flexibility index (Phi) is 9.43. The van der Waals surface area contributed by atoms with E-state index in [9.17, 15) is 41.6 Å². The van der Waals surface area contributed by atoms with Gasteiger partial charge in [0.05, 0.1) is 29.3 Å². The summed E-state index contributed by atoms with van der Waals surface area (Å²) in [5, 5.41) is 24.3. The molecule has 1 aliphatic heterocycles. The molecular formula is C29H29F3N6O5S. The molecule has 2 heterocycles. The maximum atomic E-state index is 14.7. The van der Waals surface area contributed by atoms with E-state index in [1.807, 2.05) is 6.07 Å². The molecule has 2 N–H and O–H groups in total. The van der Waals surface area contributed by atoms with Crippen molar-refractivity contribution in [1.29, 1.82) is 5.26 Å². The van der Waals surface area contributed by atoms with Gasteiger partial charge in [-0.3, -0.25) is 14.5 Å². The second-order valence-corrected chi connectivity index (χ2v) is 12.3. The SMILES string of the molecule is C\C=C(F)/C=C(\C=N\O)N(C(=O)[C@@H]1CCS(=O)(=O)N1c1cc(C#N)ccn1)C(C(=O)NC1CC(F)(F)C1)c1ccccc1C. The molecule has 2 aliphatic rings. The Labute approximate surface area is 252 Å². The van der Waals surface area contributed by atoms with Crippen molar-refractivity contribution < 1.29 is 36.4 Å². The van der Waals surface area contributed by atoms with Crippen LogP contribution in [0, 0.1) is 18.3 Å². The second kappa shape index (κ2) is 12.9. The van der Waals surface area contributed by atoms with Crippen LogP contribution >= 0.6 is 0 Å². The number of carbonyl (C=O) groups excluding carboxylic acids is 2. The van der Waals surface area contributed by atoms with Crippen LogP contribution in [0.2, 0.25) is 0 Å². The highest BCUT2D eigenvalue weighted by Gasteiger charge is 2.50. The van der Waals surface area contributed by atoms with Crippen LogP contribution in [-0.2, 0) is 19.6 Å². The lowest BCUT2D eigenvalue weighted by molar-refractivity contribution is -0.142. The first-order valence-corrected chi connectivity index (χ1v) is 15.1. The minimum Gasteiger partial charge on any atom is -0.411 e. The molecule has 1 aromatic carbocycles. The number of sulfonamides is 1. The third-order valence-corrected chi connectivity index (χ3v) is 9.10. The van der Waals surface area contributed by atoms with Crippen LogP contribution in [0.5, 0.6) is 0 Å². The number of alkyl halides is 2. The molecule has 0 bridgehead atoms. The fourth-order valence-electron chi connectivity index (χ4n) is 5.16. The van der Waals surface area contributed by atoms with Gasteiger partial charge in [0.25, 0.3) is 11.8 Å². The quantitative estimate of drug-likeness (QED) is 0.184. The van der Waals surface area contributed by atoms with Crippen LogP contribution < -0.4 is 9.62 Å². The lowest BCUT2D eigenvalue weighted by Gasteiger charge is -2.39. The van der Waals surface area contributed by atoms with Crippen LogP contribution in [0.3, 0.4) is 0 Å². The molecular weight excluding hydrogens is 601 g/mol. The van der Waals surface area contributed by atoms with Gasteiger partial charge in [0.1, 0.15) is 23.7 Å². The lowest BCUT2D eigenvalue weighted by atomic mass is 9.87. The number of nitrogens with zero attached hydrogens (tertiary/aromatic N) is 5. The number of pyridine rings is 1. The van der Waals surface area contributed by atoms with E-state index in [0.717, 1.165) is 21.4 Å². The van der Waals surface area contributed by atoms with Crippen molar-refractivity contribution in [2.24, 2.45) is 5.16 Å².